The van der Waals surface area contributed by atoms with E-state index in [1.807, 2.05) is 64.2 Å². The molecule has 1 amide bonds. The normalized spacial score (nSPS) is 17.9. The first-order chi connectivity index (χ1) is 17.4. The van der Waals surface area contributed by atoms with Gasteiger partial charge in [-0.25, -0.2) is 14.6 Å². The number of nitrogens with zero attached hydrogens (tertiary/aromatic N) is 5. The molecule has 8 heteroatoms. The number of likely N-dealkylation sites (tertiary alicyclic amines) is 1. The topological polar surface area (TPSA) is 99.2 Å². The molecule has 36 heavy (non-hydrogen) atoms. The van der Waals surface area contributed by atoms with E-state index in [0.29, 0.717) is 47.5 Å². The maximum Gasteiger partial charge on any atom is 0.246 e. The van der Waals surface area contributed by atoms with Gasteiger partial charge in [-0.3, -0.25) is 4.79 Å². The lowest BCUT2D eigenvalue weighted by Gasteiger charge is -2.39. The second-order valence-corrected chi connectivity index (χ2v) is 9.53. The number of nitrogen functional groups attached to an aromatic ring is 1. The lowest BCUT2D eigenvalue weighted by atomic mass is 9.85. The summed E-state index contributed by atoms with van der Waals surface area (Å²) < 4.78 is 7.86. The molecule has 1 unspecified atom stereocenters. The molecule has 0 saturated carbocycles. The molecule has 5 rings (SSSR count). The van der Waals surface area contributed by atoms with Crippen LogP contribution in [0.2, 0.25) is 0 Å². The Balaban J connectivity index is 1.52. The highest BCUT2D eigenvalue weighted by Gasteiger charge is 2.34. The van der Waals surface area contributed by atoms with Crippen LogP contribution in [0.1, 0.15) is 26.3 Å². The van der Waals surface area contributed by atoms with Gasteiger partial charge in [0, 0.05) is 18.7 Å². The van der Waals surface area contributed by atoms with Crippen molar-refractivity contribution in [2.24, 2.45) is 11.8 Å². The Morgan fingerprint density at radius 3 is 2.50 bits per heavy atom. The second-order valence-electron chi connectivity index (χ2n) is 9.53. The summed E-state index contributed by atoms with van der Waals surface area (Å²) in [4.78, 5) is 23.2. The van der Waals surface area contributed by atoms with Gasteiger partial charge < -0.3 is 15.4 Å². The third kappa shape index (κ3) is 4.54. The van der Waals surface area contributed by atoms with Gasteiger partial charge >= 0.3 is 0 Å². The standard InChI is InChI=1S/C28H30N6O2/c1-4-24(35)33-15-20(18(2)3)14-21(16-33)34-28-25(27(29)30-17-31-28)26(32-34)19-10-12-23(13-11-19)36-22-8-6-5-7-9-22/h4-13,17-18,20-21H,1,14-16H2,2-3H3,(H2,29,30,31)/t20?,21-/m1/s1. The number of piperidine rings is 1. The Bertz CT molecular complexity index is 1380. The number of amides is 1. The van der Waals surface area contributed by atoms with Gasteiger partial charge in [-0.2, -0.15) is 5.10 Å². The van der Waals surface area contributed by atoms with E-state index in [4.69, 9.17) is 15.6 Å². The first-order valence-corrected chi connectivity index (χ1v) is 12.2. The Morgan fingerprint density at radius 2 is 1.81 bits per heavy atom. The third-order valence-electron chi connectivity index (χ3n) is 6.86. The lowest BCUT2D eigenvalue weighted by Crippen LogP contribution is -2.45. The highest BCUT2D eigenvalue weighted by atomic mass is 16.5. The van der Waals surface area contributed by atoms with Crippen LogP contribution in [-0.4, -0.2) is 43.6 Å². The van der Waals surface area contributed by atoms with Crippen LogP contribution in [0.3, 0.4) is 0 Å². The Morgan fingerprint density at radius 1 is 1.08 bits per heavy atom. The first kappa shape index (κ1) is 23.5. The van der Waals surface area contributed by atoms with Crippen LogP contribution in [0.5, 0.6) is 11.5 Å². The zero-order valence-electron chi connectivity index (χ0n) is 20.5. The highest BCUT2D eigenvalue weighted by molar-refractivity contribution is 5.98. The number of carbonyl (C=O) groups excluding carboxylic acids is 1. The van der Waals surface area contributed by atoms with Gasteiger partial charge in [0.25, 0.3) is 0 Å². The summed E-state index contributed by atoms with van der Waals surface area (Å²) in [5.74, 6) is 2.57. The zero-order chi connectivity index (χ0) is 25.2. The molecular weight excluding hydrogens is 452 g/mol. The smallest absolute Gasteiger partial charge is 0.246 e. The predicted molar refractivity (Wildman–Crippen MR) is 140 cm³/mol. The quantitative estimate of drug-likeness (QED) is 0.384. The van der Waals surface area contributed by atoms with Crippen LogP contribution in [0.25, 0.3) is 22.3 Å². The average molecular weight is 483 g/mol. The minimum Gasteiger partial charge on any atom is -0.457 e. The van der Waals surface area contributed by atoms with Crippen molar-refractivity contribution in [2.45, 2.75) is 26.3 Å². The SMILES string of the molecule is C=CC(=O)N1CC(C(C)C)C[C@@H](n2nc(-c3ccc(Oc4ccccc4)cc3)c3c(N)ncnc32)C1. The van der Waals surface area contributed by atoms with Gasteiger partial charge in [0.05, 0.1) is 11.4 Å². The predicted octanol–water partition coefficient (Wildman–Crippen LogP) is 5.10. The molecule has 1 saturated heterocycles. The Hall–Kier alpha value is -4.20. The minimum atomic E-state index is -0.0646. The summed E-state index contributed by atoms with van der Waals surface area (Å²) in [7, 11) is 0. The molecular formula is C28H30N6O2. The van der Waals surface area contributed by atoms with Crippen LogP contribution in [0.4, 0.5) is 5.82 Å². The second kappa shape index (κ2) is 9.81. The molecule has 1 aliphatic heterocycles. The van der Waals surface area contributed by atoms with E-state index in [1.54, 1.807) is 0 Å². The summed E-state index contributed by atoms with van der Waals surface area (Å²) in [5.41, 5.74) is 8.60. The Kier molecular flexibility index (Phi) is 6.41. The number of nitrogens with two attached hydrogens (primary N) is 1. The van der Waals surface area contributed by atoms with Gasteiger partial charge in [0.15, 0.2) is 5.65 Å². The number of para-hydroxylation sites is 1. The number of aromatic nitrogens is 4. The van der Waals surface area contributed by atoms with E-state index < -0.39 is 0 Å². The fourth-order valence-electron chi connectivity index (χ4n) is 4.84. The molecule has 0 bridgehead atoms. The van der Waals surface area contributed by atoms with Crippen LogP contribution >= 0.6 is 0 Å². The highest BCUT2D eigenvalue weighted by Crippen LogP contribution is 2.37. The van der Waals surface area contributed by atoms with E-state index in [1.165, 1.54) is 12.4 Å². The van der Waals surface area contributed by atoms with Gasteiger partial charge in [0.2, 0.25) is 5.91 Å². The van der Waals surface area contributed by atoms with E-state index in [0.717, 1.165) is 23.5 Å². The van der Waals surface area contributed by atoms with Crippen LogP contribution in [-0.2, 0) is 4.79 Å². The summed E-state index contributed by atoms with van der Waals surface area (Å²) in [5, 5.41) is 5.71. The van der Waals surface area contributed by atoms with E-state index in [9.17, 15) is 4.79 Å². The van der Waals surface area contributed by atoms with E-state index >= 15 is 0 Å². The van der Waals surface area contributed by atoms with Crippen LogP contribution in [0.15, 0.2) is 73.6 Å². The molecule has 1 fully saturated rings. The average Bonchev–Trinajstić information content (AvgIpc) is 3.30. The number of carbonyl (C=O) groups is 1. The number of hydrogen-bond acceptors (Lipinski definition) is 6. The van der Waals surface area contributed by atoms with E-state index in [2.05, 4.69) is 30.4 Å². The van der Waals surface area contributed by atoms with Crippen LogP contribution in [0, 0.1) is 11.8 Å². The van der Waals surface area contributed by atoms with Crippen molar-refractivity contribution in [1.29, 1.82) is 0 Å². The van der Waals surface area contributed by atoms with Gasteiger partial charge in [0.1, 0.15) is 29.3 Å². The number of fused-ring (bicyclic) bond motifs is 1. The number of rotatable bonds is 6. The van der Waals surface area contributed by atoms with Crippen molar-refractivity contribution in [3.63, 3.8) is 0 Å². The van der Waals surface area contributed by atoms with Crippen molar-refractivity contribution in [1.82, 2.24) is 24.6 Å². The summed E-state index contributed by atoms with van der Waals surface area (Å²) in [6.45, 7) is 9.31. The third-order valence-corrected chi connectivity index (χ3v) is 6.86. The van der Waals surface area contributed by atoms with Gasteiger partial charge in [-0.05, 0) is 60.7 Å². The summed E-state index contributed by atoms with van der Waals surface area (Å²) in [6.07, 6.45) is 3.74. The number of anilines is 1. The largest absolute Gasteiger partial charge is 0.457 e. The molecule has 2 N–H and O–H groups in total. The Labute approximate surface area is 210 Å². The number of ether oxygens (including phenoxy) is 1. The first-order valence-electron chi connectivity index (χ1n) is 12.2. The molecule has 4 aromatic rings. The zero-order valence-corrected chi connectivity index (χ0v) is 20.5. The molecule has 1 aliphatic rings. The fourth-order valence-corrected chi connectivity index (χ4v) is 4.84. The molecule has 0 spiro atoms. The molecule has 184 valence electrons. The van der Waals surface area contributed by atoms with Crippen molar-refractivity contribution < 1.29 is 9.53 Å². The summed E-state index contributed by atoms with van der Waals surface area (Å²) >= 11 is 0. The van der Waals surface area contributed by atoms with Gasteiger partial charge in [-0.15, -0.1) is 0 Å². The van der Waals surface area contributed by atoms with Gasteiger partial charge in [-0.1, -0.05) is 38.6 Å². The van der Waals surface area contributed by atoms with Crippen molar-refractivity contribution >= 4 is 22.8 Å². The number of hydrogen-bond donors (Lipinski definition) is 1. The maximum absolute atomic E-state index is 12.5. The fraction of sp³-hybridized carbons (Fsp3) is 0.286. The van der Waals surface area contributed by atoms with Crippen LogP contribution < -0.4 is 10.5 Å². The molecule has 2 aromatic carbocycles. The van der Waals surface area contributed by atoms with Crippen molar-refractivity contribution in [3.8, 4) is 22.8 Å². The minimum absolute atomic E-state index is 0.0405. The van der Waals surface area contributed by atoms with Crippen molar-refractivity contribution in [2.75, 3.05) is 18.8 Å². The monoisotopic (exact) mass is 482 g/mol. The molecule has 0 aliphatic carbocycles. The lowest BCUT2D eigenvalue weighted by molar-refractivity contribution is -0.129. The molecule has 8 nitrogen and oxygen atoms in total. The summed E-state index contributed by atoms with van der Waals surface area (Å²) in [6, 6.07) is 17.3. The number of benzene rings is 2. The maximum atomic E-state index is 12.5. The molecule has 0 radical (unpaired) electrons. The van der Waals surface area contributed by atoms with Crippen molar-refractivity contribution in [3.05, 3.63) is 73.6 Å². The molecule has 3 heterocycles. The molecule has 2 aromatic heterocycles. The molecule has 2 atom stereocenters. The van der Waals surface area contributed by atoms with E-state index in [-0.39, 0.29) is 11.9 Å².